The average molecular weight is 234 g/mol. The first-order chi connectivity index (χ1) is 8.36. The van der Waals surface area contributed by atoms with Gasteiger partial charge >= 0.3 is 0 Å². The lowest BCUT2D eigenvalue weighted by Crippen LogP contribution is -1.90. The second kappa shape index (κ2) is 14.5. The van der Waals surface area contributed by atoms with E-state index < -0.39 is 0 Å². The van der Waals surface area contributed by atoms with Crippen LogP contribution in [0.25, 0.3) is 0 Å². The van der Waals surface area contributed by atoms with Crippen molar-refractivity contribution in [3.63, 3.8) is 0 Å². The fourth-order valence-electron chi connectivity index (χ4n) is 0.978. The molecule has 0 unspecified atom stereocenters. The number of para-hydroxylation sites is 1. The molecule has 17 heavy (non-hydrogen) atoms. The van der Waals surface area contributed by atoms with Crippen molar-refractivity contribution >= 4 is 0 Å². The Morgan fingerprint density at radius 1 is 0.941 bits per heavy atom. The molecule has 0 N–H and O–H groups in total. The SMILES string of the molecule is C/C=C\C(=C/C)Oc1ccccc1.CC.CC. The van der Waals surface area contributed by atoms with Gasteiger partial charge in [-0.05, 0) is 38.1 Å². The molecule has 0 saturated heterocycles. The number of benzene rings is 1. The first-order valence-electron chi connectivity index (χ1n) is 6.38. The summed E-state index contributed by atoms with van der Waals surface area (Å²) in [4.78, 5) is 0. The van der Waals surface area contributed by atoms with Crippen LogP contribution in [0.4, 0.5) is 0 Å². The molecule has 1 aromatic rings. The standard InChI is InChI=1S/C12H14O.2C2H6/c1-3-8-11(4-2)13-12-9-6-5-7-10-12;2*1-2/h3-10H,1-2H3;2*1-2H3/b8-3-,11-4+;;. The minimum absolute atomic E-state index is 0.869. The van der Waals surface area contributed by atoms with Gasteiger partial charge in [-0.3, -0.25) is 0 Å². The zero-order chi connectivity index (χ0) is 13.5. The van der Waals surface area contributed by atoms with Crippen LogP contribution in [-0.4, -0.2) is 0 Å². The number of hydrogen-bond acceptors (Lipinski definition) is 1. The summed E-state index contributed by atoms with van der Waals surface area (Å²) in [5.74, 6) is 1.74. The van der Waals surface area contributed by atoms with E-state index >= 15 is 0 Å². The Morgan fingerprint density at radius 2 is 1.47 bits per heavy atom. The Kier molecular flexibility index (Phi) is 15.3. The van der Waals surface area contributed by atoms with Gasteiger partial charge in [-0.15, -0.1) is 0 Å². The Labute approximate surface area is 107 Å². The summed E-state index contributed by atoms with van der Waals surface area (Å²) in [5, 5.41) is 0. The van der Waals surface area contributed by atoms with Crippen molar-refractivity contribution in [2.24, 2.45) is 0 Å². The molecular weight excluding hydrogens is 208 g/mol. The van der Waals surface area contributed by atoms with Crippen LogP contribution in [0.5, 0.6) is 5.75 Å². The molecule has 0 heterocycles. The lowest BCUT2D eigenvalue weighted by molar-refractivity contribution is 0.443. The molecule has 0 radical (unpaired) electrons. The van der Waals surface area contributed by atoms with E-state index in [1.807, 2.05) is 90.1 Å². The lowest BCUT2D eigenvalue weighted by Gasteiger charge is -2.04. The monoisotopic (exact) mass is 234 g/mol. The average Bonchev–Trinajstić information content (AvgIpc) is 2.44. The molecule has 1 nitrogen and oxygen atoms in total. The summed E-state index contributed by atoms with van der Waals surface area (Å²) in [7, 11) is 0. The maximum atomic E-state index is 5.58. The van der Waals surface area contributed by atoms with Crippen molar-refractivity contribution < 1.29 is 4.74 Å². The normalized spacial score (nSPS) is 9.88. The highest BCUT2D eigenvalue weighted by molar-refractivity contribution is 5.25. The van der Waals surface area contributed by atoms with E-state index in [0.717, 1.165) is 11.5 Å². The Balaban J connectivity index is 0. The van der Waals surface area contributed by atoms with E-state index in [-0.39, 0.29) is 0 Å². The van der Waals surface area contributed by atoms with Gasteiger partial charge in [0.25, 0.3) is 0 Å². The van der Waals surface area contributed by atoms with Gasteiger partial charge in [0.15, 0.2) is 0 Å². The van der Waals surface area contributed by atoms with Crippen LogP contribution in [0.3, 0.4) is 0 Å². The number of allylic oxidation sites excluding steroid dienone is 3. The maximum absolute atomic E-state index is 5.58. The van der Waals surface area contributed by atoms with E-state index in [1.54, 1.807) is 0 Å². The van der Waals surface area contributed by atoms with E-state index in [2.05, 4.69) is 0 Å². The van der Waals surface area contributed by atoms with Crippen LogP contribution in [0.1, 0.15) is 41.5 Å². The molecule has 0 fully saturated rings. The van der Waals surface area contributed by atoms with Crippen molar-refractivity contribution in [1.29, 1.82) is 0 Å². The molecule has 0 bridgehead atoms. The van der Waals surface area contributed by atoms with Crippen LogP contribution in [0, 0.1) is 0 Å². The number of ether oxygens (including phenoxy) is 1. The predicted molar refractivity (Wildman–Crippen MR) is 78.3 cm³/mol. The van der Waals surface area contributed by atoms with E-state index in [0.29, 0.717) is 0 Å². The van der Waals surface area contributed by atoms with E-state index in [4.69, 9.17) is 4.74 Å². The summed E-state index contributed by atoms with van der Waals surface area (Å²) in [5.41, 5.74) is 0. The molecule has 1 rings (SSSR count). The summed E-state index contributed by atoms with van der Waals surface area (Å²) >= 11 is 0. The molecule has 96 valence electrons. The first kappa shape index (κ1) is 17.9. The predicted octanol–water partition coefficient (Wildman–Crippen LogP) is 5.60. The Morgan fingerprint density at radius 3 is 1.88 bits per heavy atom. The lowest BCUT2D eigenvalue weighted by atomic mass is 10.3. The van der Waals surface area contributed by atoms with Gasteiger partial charge in [-0.2, -0.15) is 0 Å². The Hall–Kier alpha value is -1.50. The van der Waals surface area contributed by atoms with Crippen LogP contribution < -0.4 is 4.74 Å². The van der Waals surface area contributed by atoms with Gasteiger partial charge < -0.3 is 4.74 Å². The van der Waals surface area contributed by atoms with Crippen LogP contribution in [-0.2, 0) is 0 Å². The molecule has 0 aliphatic heterocycles. The van der Waals surface area contributed by atoms with Gasteiger partial charge in [0.2, 0.25) is 0 Å². The summed E-state index contributed by atoms with van der Waals surface area (Å²) in [6.07, 6.45) is 5.83. The summed E-state index contributed by atoms with van der Waals surface area (Å²) in [6, 6.07) is 9.76. The van der Waals surface area contributed by atoms with Crippen molar-refractivity contribution in [3.05, 3.63) is 54.3 Å². The topological polar surface area (TPSA) is 9.23 Å². The smallest absolute Gasteiger partial charge is 0.127 e. The third kappa shape index (κ3) is 9.43. The molecule has 0 atom stereocenters. The molecule has 0 spiro atoms. The highest BCUT2D eigenvalue weighted by Crippen LogP contribution is 2.13. The largest absolute Gasteiger partial charge is 0.458 e. The molecule has 0 aliphatic rings. The van der Waals surface area contributed by atoms with E-state index in [9.17, 15) is 0 Å². The highest BCUT2D eigenvalue weighted by atomic mass is 16.5. The molecule has 1 heteroatoms. The van der Waals surface area contributed by atoms with Gasteiger partial charge in [-0.25, -0.2) is 0 Å². The summed E-state index contributed by atoms with van der Waals surface area (Å²) < 4.78 is 5.58. The second-order valence-corrected chi connectivity index (χ2v) is 2.61. The highest BCUT2D eigenvalue weighted by Gasteiger charge is 1.92. The first-order valence-corrected chi connectivity index (χ1v) is 6.38. The minimum atomic E-state index is 0.869. The zero-order valence-corrected chi connectivity index (χ0v) is 12.0. The van der Waals surface area contributed by atoms with Crippen molar-refractivity contribution in [2.45, 2.75) is 41.5 Å². The van der Waals surface area contributed by atoms with Crippen LogP contribution >= 0.6 is 0 Å². The van der Waals surface area contributed by atoms with Crippen LogP contribution in [0.2, 0.25) is 0 Å². The molecule has 0 aromatic heterocycles. The van der Waals surface area contributed by atoms with E-state index in [1.165, 1.54) is 0 Å². The quantitative estimate of drug-likeness (QED) is 0.489. The number of hydrogen-bond donors (Lipinski definition) is 0. The van der Waals surface area contributed by atoms with Gasteiger partial charge in [0.05, 0.1) is 0 Å². The third-order valence-electron chi connectivity index (χ3n) is 1.59. The number of rotatable bonds is 3. The van der Waals surface area contributed by atoms with Crippen molar-refractivity contribution in [2.75, 3.05) is 0 Å². The summed E-state index contributed by atoms with van der Waals surface area (Å²) in [6.45, 7) is 11.9. The van der Waals surface area contributed by atoms with Crippen molar-refractivity contribution in [1.82, 2.24) is 0 Å². The van der Waals surface area contributed by atoms with Gasteiger partial charge in [0.1, 0.15) is 11.5 Å². The zero-order valence-electron chi connectivity index (χ0n) is 12.0. The van der Waals surface area contributed by atoms with Crippen LogP contribution in [0.15, 0.2) is 54.3 Å². The molecule has 0 saturated carbocycles. The van der Waals surface area contributed by atoms with Gasteiger partial charge in [-0.1, -0.05) is 52.0 Å². The third-order valence-corrected chi connectivity index (χ3v) is 1.59. The van der Waals surface area contributed by atoms with Crippen molar-refractivity contribution in [3.8, 4) is 5.75 Å². The Bertz CT molecular complexity index is 297. The fraction of sp³-hybridized carbons (Fsp3) is 0.375. The minimum Gasteiger partial charge on any atom is -0.458 e. The fourth-order valence-corrected chi connectivity index (χ4v) is 0.978. The molecule has 1 aromatic carbocycles. The second-order valence-electron chi connectivity index (χ2n) is 2.61. The van der Waals surface area contributed by atoms with Gasteiger partial charge in [0, 0.05) is 0 Å². The maximum Gasteiger partial charge on any atom is 0.127 e. The molecule has 0 aliphatic carbocycles. The molecular formula is C16H26O. The molecule has 0 amide bonds.